The summed E-state index contributed by atoms with van der Waals surface area (Å²) >= 11 is 0. The zero-order valence-electron chi connectivity index (χ0n) is 11.6. The summed E-state index contributed by atoms with van der Waals surface area (Å²) in [5.74, 6) is 1.49. The van der Waals surface area contributed by atoms with Gasteiger partial charge in [-0.05, 0) is 24.3 Å². The second kappa shape index (κ2) is 5.25. The lowest BCUT2D eigenvalue weighted by Gasteiger charge is -2.08. The van der Waals surface area contributed by atoms with E-state index in [4.69, 9.17) is 9.47 Å². The van der Waals surface area contributed by atoms with Crippen LogP contribution in [0.2, 0.25) is 0 Å². The van der Waals surface area contributed by atoms with Crippen LogP contribution in [0.4, 0.5) is 0 Å². The summed E-state index contributed by atoms with van der Waals surface area (Å²) < 4.78 is 15.3. The van der Waals surface area contributed by atoms with E-state index in [0.717, 1.165) is 17.0 Å². The fraction of sp³-hybridized carbons (Fsp3) is 0.188. The first kappa shape index (κ1) is 12.5. The third-order valence-corrected chi connectivity index (χ3v) is 3.31. The van der Waals surface area contributed by atoms with Crippen molar-refractivity contribution < 1.29 is 14.0 Å². The number of fused-ring (bicyclic) bond motifs is 1. The van der Waals surface area contributed by atoms with Crippen molar-refractivity contribution in [2.24, 2.45) is 7.05 Å². The molecule has 0 radical (unpaired) electrons. The molecule has 0 aliphatic rings. The van der Waals surface area contributed by atoms with Gasteiger partial charge in [-0.3, -0.25) is 0 Å². The maximum absolute atomic E-state index is 5.86. The van der Waals surface area contributed by atoms with Crippen LogP contribution in [0.3, 0.4) is 0 Å². The number of ether oxygens (including phenoxy) is 2. The van der Waals surface area contributed by atoms with E-state index in [9.17, 15) is 0 Å². The first-order chi connectivity index (χ1) is 9.79. The summed E-state index contributed by atoms with van der Waals surface area (Å²) in [5, 5.41) is 0. The molecule has 4 nitrogen and oxygen atoms in total. The van der Waals surface area contributed by atoms with Crippen LogP contribution in [0, 0.1) is 0 Å². The van der Waals surface area contributed by atoms with Gasteiger partial charge >= 0.3 is 0 Å². The Hall–Kier alpha value is -2.49. The Labute approximate surface area is 117 Å². The monoisotopic (exact) mass is 269 g/mol. The molecule has 0 spiro atoms. The number of nitrogens with zero attached hydrogens (tertiary/aromatic N) is 2. The predicted molar refractivity (Wildman–Crippen MR) is 76.7 cm³/mol. The first-order valence-electron chi connectivity index (χ1n) is 6.49. The maximum Gasteiger partial charge on any atom is 0.247 e. The van der Waals surface area contributed by atoms with Crippen molar-refractivity contribution in [3.8, 4) is 11.5 Å². The van der Waals surface area contributed by atoms with Crippen LogP contribution < -0.4 is 14.0 Å². The Kier molecular flexibility index (Phi) is 3.29. The van der Waals surface area contributed by atoms with Gasteiger partial charge < -0.3 is 9.47 Å². The fourth-order valence-electron chi connectivity index (χ4n) is 2.32. The van der Waals surface area contributed by atoms with Crippen molar-refractivity contribution in [3.05, 3.63) is 54.9 Å². The van der Waals surface area contributed by atoms with Crippen LogP contribution >= 0.6 is 0 Å². The van der Waals surface area contributed by atoms with Gasteiger partial charge in [-0.2, -0.15) is 4.57 Å². The van der Waals surface area contributed by atoms with E-state index in [2.05, 4.69) is 21.3 Å². The van der Waals surface area contributed by atoms with Gasteiger partial charge in [-0.25, -0.2) is 4.57 Å². The standard InChI is InChI=1S/C16H17N2O2/c1-17-11-18(14-8-4-3-7-13(14)17)12-20-16-10-6-5-9-15(16)19-2/h3-11H,12H2,1-2H3/q+1. The molecule has 0 N–H and O–H groups in total. The Bertz CT molecular complexity index is 734. The van der Waals surface area contributed by atoms with Gasteiger partial charge in [0.2, 0.25) is 13.1 Å². The number of imidazole rings is 1. The lowest BCUT2D eigenvalue weighted by atomic mass is 10.3. The van der Waals surface area contributed by atoms with Crippen LogP contribution in [-0.2, 0) is 13.8 Å². The van der Waals surface area contributed by atoms with Crippen molar-refractivity contribution in [2.45, 2.75) is 6.73 Å². The Balaban J connectivity index is 1.87. The molecule has 0 aliphatic heterocycles. The highest BCUT2D eigenvalue weighted by atomic mass is 16.5. The number of hydrogen-bond donors (Lipinski definition) is 0. The second-order valence-corrected chi connectivity index (χ2v) is 4.61. The third kappa shape index (κ3) is 2.20. The molecule has 4 heteroatoms. The topological polar surface area (TPSA) is 27.3 Å². The SMILES string of the molecule is COc1ccccc1OCn1c[n+](C)c2ccccc21. The van der Waals surface area contributed by atoms with Gasteiger partial charge in [-0.15, -0.1) is 0 Å². The molecule has 0 atom stereocenters. The number of benzene rings is 2. The van der Waals surface area contributed by atoms with Crippen molar-refractivity contribution in [1.29, 1.82) is 0 Å². The van der Waals surface area contributed by atoms with Crippen LogP contribution in [0.25, 0.3) is 11.0 Å². The van der Waals surface area contributed by atoms with E-state index < -0.39 is 0 Å². The van der Waals surface area contributed by atoms with E-state index >= 15 is 0 Å². The molecule has 0 unspecified atom stereocenters. The molecule has 102 valence electrons. The van der Waals surface area contributed by atoms with E-state index in [1.54, 1.807) is 7.11 Å². The predicted octanol–water partition coefficient (Wildman–Crippen LogP) is 2.51. The average molecular weight is 269 g/mol. The highest BCUT2D eigenvalue weighted by Crippen LogP contribution is 2.26. The molecule has 0 bridgehead atoms. The number of aromatic nitrogens is 2. The molecular weight excluding hydrogens is 252 g/mol. The van der Waals surface area contributed by atoms with E-state index in [0.29, 0.717) is 6.73 Å². The molecule has 0 saturated heterocycles. The number of hydrogen-bond acceptors (Lipinski definition) is 2. The zero-order chi connectivity index (χ0) is 13.9. The lowest BCUT2D eigenvalue weighted by molar-refractivity contribution is -0.646. The Morgan fingerprint density at radius 3 is 2.50 bits per heavy atom. The normalized spacial score (nSPS) is 10.7. The molecule has 0 amide bonds. The molecule has 1 heterocycles. The number of para-hydroxylation sites is 4. The molecule has 3 aromatic rings. The minimum Gasteiger partial charge on any atom is -0.493 e. The van der Waals surface area contributed by atoms with Crippen LogP contribution in [0.1, 0.15) is 0 Å². The molecule has 20 heavy (non-hydrogen) atoms. The largest absolute Gasteiger partial charge is 0.493 e. The van der Waals surface area contributed by atoms with Crippen molar-refractivity contribution in [3.63, 3.8) is 0 Å². The average Bonchev–Trinajstić information content (AvgIpc) is 2.82. The highest BCUT2D eigenvalue weighted by molar-refractivity contribution is 5.71. The van der Waals surface area contributed by atoms with Gasteiger partial charge in [0, 0.05) is 0 Å². The fourth-order valence-corrected chi connectivity index (χ4v) is 2.32. The summed E-state index contributed by atoms with van der Waals surface area (Å²) in [6.07, 6.45) is 2.03. The Morgan fingerprint density at radius 2 is 1.70 bits per heavy atom. The Morgan fingerprint density at radius 1 is 1.00 bits per heavy atom. The zero-order valence-corrected chi connectivity index (χ0v) is 11.6. The summed E-state index contributed by atoms with van der Waals surface area (Å²) in [6, 6.07) is 15.9. The van der Waals surface area contributed by atoms with Crippen molar-refractivity contribution in [1.82, 2.24) is 4.57 Å². The quantitative estimate of drug-likeness (QED) is 0.681. The van der Waals surface area contributed by atoms with Crippen LogP contribution in [0.5, 0.6) is 11.5 Å². The minimum atomic E-state index is 0.446. The highest BCUT2D eigenvalue weighted by Gasteiger charge is 2.13. The number of aryl methyl sites for hydroxylation is 1. The second-order valence-electron chi connectivity index (χ2n) is 4.61. The van der Waals surface area contributed by atoms with Crippen molar-refractivity contribution in [2.75, 3.05) is 7.11 Å². The van der Waals surface area contributed by atoms with Gasteiger partial charge in [0.05, 0.1) is 14.2 Å². The van der Waals surface area contributed by atoms with Crippen molar-refractivity contribution >= 4 is 11.0 Å². The number of methoxy groups -OCH3 is 1. The molecule has 0 fully saturated rings. The van der Waals surface area contributed by atoms with E-state index in [1.165, 1.54) is 5.52 Å². The molecular formula is C16H17N2O2+. The molecule has 3 rings (SSSR count). The minimum absolute atomic E-state index is 0.446. The summed E-state index contributed by atoms with van der Waals surface area (Å²) in [5.41, 5.74) is 2.32. The summed E-state index contributed by atoms with van der Waals surface area (Å²) in [4.78, 5) is 0. The number of rotatable bonds is 4. The molecule has 0 aliphatic carbocycles. The van der Waals surface area contributed by atoms with Gasteiger partial charge in [0.25, 0.3) is 0 Å². The summed E-state index contributed by atoms with van der Waals surface area (Å²) in [7, 11) is 3.68. The molecule has 2 aromatic carbocycles. The maximum atomic E-state index is 5.86. The third-order valence-electron chi connectivity index (χ3n) is 3.31. The van der Waals surface area contributed by atoms with Gasteiger partial charge in [0.15, 0.2) is 22.5 Å². The van der Waals surface area contributed by atoms with Gasteiger partial charge in [0.1, 0.15) is 0 Å². The van der Waals surface area contributed by atoms with Crippen LogP contribution in [-0.4, -0.2) is 11.7 Å². The van der Waals surface area contributed by atoms with E-state index in [-0.39, 0.29) is 0 Å². The van der Waals surface area contributed by atoms with E-state index in [1.807, 2.05) is 49.8 Å². The molecule has 1 aromatic heterocycles. The van der Waals surface area contributed by atoms with Crippen LogP contribution in [0.15, 0.2) is 54.9 Å². The first-order valence-corrected chi connectivity index (χ1v) is 6.49. The molecule has 0 saturated carbocycles. The smallest absolute Gasteiger partial charge is 0.247 e. The lowest BCUT2D eigenvalue weighted by Crippen LogP contribution is -2.25. The van der Waals surface area contributed by atoms with Gasteiger partial charge in [-0.1, -0.05) is 24.3 Å². The summed E-state index contributed by atoms with van der Waals surface area (Å²) in [6.45, 7) is 0.446.